The number of esters is 1. The second-order valence-corrected chi connectivity index (χ2v) is 4.48. The van der Waals surface area contributed by atoms with Gasteiger partial charge < -0.3 is 9.47 Å². The van der Waals surface area contributed by atoms with Gasteiger partial charge in [0.2, 0.25) is 0 Å². The van der Waals surface area contributed by atoms with Gasteiger partial charge in [-0.15, -0.1) is 0 Å². The highest BCUT2D eigenvalue weighted by Crippen LogP contribution is 2.45. The fourth-order valence-corrected chi connectivity index (χ4v) is 2.29. The lowest BCUT2D eigenvalue weighted by molar-refractivity contribution is -0.0667. The molecule has 1 spiro atoms. The van der Waals surface area contributed by atoms with Crippen LogP contribution in [0.1, 0.15) is 29.6 Å². The summed E-state index contributed by atoms with van der Waals surface area (Å²) in [6.07, 6.45) is 4.93. The van der Waals surface area contributed by atoms with Crippen LogP contribution < -0.4 is 0 Å². The molecule has 3 rings (SSSR count). The number of benzene rings is 1. The molecule has 88 valence electrons. The largest absolute Gasteiger partial charge is 0.425 e. The van der Waals surface area contributed by atoms with E-state index in [0.717, 1.165) is 19.3 Å². The number of carbonyl (C=O) groups is 1. The maximum atomic E-state index is 11.9. The van der Waals surface area contributed by atoms with Gasteiger partial charge in [-0.2, -0.15) is 0 Å². The monoisotopic (exact) mass is 230 g/mol. The normalized spacial score (nSPS) is 20.8. The van der Waals surface area contributed by atoms with Crippen LogP contribution in [0.25, 0.3) is 0 Å². The van der Waals surface area contributed by atoms with E-state index in [9.17, 15) is 4.79 Å². The van der Waals surface area contributed by atoms with Gasteiger partial charge in [0.1, 0.15) is 11.4 Å². The first-order chi connectivity index (χ1) is 8.30. The van der Waals surface area contributed by atoms with Crippen molar-refractivity contribution in [2.24, 2.45) is 0 Å². The fraction of sp³-hybridized carbons (Fsp3) is 0.357. The third-order valence-corrected chi connectivity index (χ3v) is 3.45. The molecule has 0 bridgehead atoms. The average molecular weight is 230 g/mol. The Balaban J connectivity index is 1.74. The molecule has 1 aliphatic heterocycles. The van der Waals surface area contributed by atoms with E-state index < -0.39 is 0 Å². The van der Waals surface area contributed by atoms with Crippen LogP contribution in [-0.2, 0) is 9.47 Å². The molecule has 0 atom stereocenters. The molecular weight excluding hydrogens is 216 g/mol. The number of hydrogen-bond donors (Lipinski definition) is 0. The number of hydrogen-bond acceptors (Lipinski definition) is 3. The number of carbonyl (C=O) groups excluding carboxylic acids is 1. The molecule has 0 unspecified atom stereocenters. The van der Waals surface area contributed by atoms with E-state index in [1.807, 2.05) is 24.3 Å². The topological polar surface area (TPSA) is 35.5 Å². The van der Waals surface area contributed by atoms with Crippen molar-refractivity contribution in [1.29, 1.82) is 0 Å². The van der Waals surface area contributed by atoms with Gasteiger partial charge in [0, 0.05) is 0 Å². The maximum Gasteiger partial charge on any atom is 0.343 e. The van der Waals surface area contributed by atoms with Crippen molar-refractivity contribution in [3.05, 3.63) is 47.7 Å². The molecule has 0 N–H and O–H groups in total. The molecular formula is C14H14O3. The van der Waals surface area contributed by atoms with E-state index in [2.05, 4.69) is 0 Å². The molecule has 3 nitrogen and oxygen atoms in total. The van der Waals surface area contributed by atoms with Gasteiger partial charge >= 0.3 is 5.97 Å². The maximum absolute atomic E-state index is 11.9. The zero-order chi connectivity index (χ0) is 11.7. The highest BCUT2D eigenvalue weighted by atomic mass is 16.6. The van der Waals surface area contributed by atoms with Gasteiger partial charge in [0.05, 0.1) is 12.2 Å². The van der Waals surface area contributed by atoms with Crippen LogP contribution in [0.15, 0.2) is 42.2 Å². The van der Waals surface area contributed by atoms with E-state index in [4.69, 9.17) is 9.47 Å². The molecule has 3 heteroatoms. The van der Waals surface area contributed by atoms with Crippen LogP contribution in [0, 0.1) is 0 Å². The van der Waals surface area contributed by atoms with Gasteiger partial charge in [-0.1, -0.05) is 18.2 Å². The molecule has 1 heterocycles. The van der Waals surface area contributed by atoms with Crippen LogP contribution in [0.5, 0.6) is 0 Å². The summed E-state index contributed by atoms with van der Waals surface area (Å²) in [6, 6.07) is 9.05. The Morgan fingerprint density at radius 2 is 2.00 bits per heavy atom. The molecule has 1 aromatic rings. The predicted octanol–water partition coefficient (Wildman–Crippen LogP) is 2.68. The smallest absolute Gasteiger partial charge is 0.343 e. The number of rotatable bonds is 2. The van der Waals surface area contributed by atoms with Crippen LogP contribution in [0.4, 0.5) is 0 Å². The van der Waals surface area contributed by atoms with Crippen molar-refractivity contribution in [2.45, 2.75) is 24.9 Å². The molecule has 0 aromatic heterocycles. The molecule has 0 radical (unpaired) electrons. The summed E-state index contributed by atoms with van der Waals surface area (Å²) < 4.78 is 11.1. The highest BCUT2D eigenvalue weighted by Gasteiger charge is 2.46. The highest BCUT2D eigenvalue weighted by molar-refractivity contribution is 5.90. The Morgan fingerprint density at radius 1 is 1.24 bits per heavy atom. The standard InChI is InChI=1S/C14H14O3/c15-13(11-5-2-1-3-6-11)17-12-7-10-16-14(12)8-4-9-14/h1-3,5-7H,4,8-10H2. The molecule has 2 aliphatic rings. The summed E-state index contributed by atoms with van der Waals surface area (Å²) in [4.78, 5) is 11.9. The van der Waals surface area contributed by atoms with Crippen molar-refractivity contribution in [2.75, 3.05) is 6.61 Å². The van der Waals surface area contributed by atoms with Crippen molar-refractivity contribution in [3.63, 3.8) is 0 Å². The molecule has 1 saturated carbocycles. The first kappa shape index (κ1) is 10.5. The van der Waals surface area contributed by atoms with Crippen molar-refractivity contribution in [3.8, 4) is 0 Å². The first-order valence-electron chi connectivity index (χ1n) is 5.92. The van der Waals surface area contributed by atoms with E-state index in [1.54, 1.807) is 12.1 Å². The van der Waals surface area contributed by atoms with E-state index >= 15 is 0 Å². The van der Waals surface area contributed by atoms with Crippen LogP contribution in [0.2, 0.25) is 0 Å². The third kappa shape index (κ3) is 1.76. The molecule has 0 saturated heterocycles. The zero-order valence-electron chi connectivity index (χ0n) is 9.52. The van der Waals surface area contributed by atoms with Gasteiger partial charge in [0.25, 0.3) is 0 Å². The molecule has 17 heavy (non-hydrogen) atoms. The average Bonchev–Trinajstić information content (AvgIpc) is 2.73. The van der Waals surface area contributed by atoms with E-state index in [0.29, 0.717) is 17.9 Å². The summed E-state index contributed by atoms with van der Waals surface area (Å²) in [5.41, 5.74) is 0.291. The van der Waals surface area contributed by atoms with Gasteiger partial charge in [-0.3, -0.25) is 0 Å². The Labute approximate surface area is 100 Å². The SMILES string of the molecule is O=C(OC1=CCOC12CCC2)c1ccccc1. The second-order valence-electron chi connectivity index (χ2n) is 4.48. The Hall–Kier alpha value is -1.61. The lowest BCUT2D eigenvalue weighted by atomic mass is 9.79. The predicted molar refractivity (Wildman–Crippen MR) is 62.5 cm³/mol. The summed E-state index contributed by atoms with van der Waals surface area (Å²) in [6.45, 7) is 0.553. The quantitative estimate of drug-likeness (QED) is 0.733. The van der Waals surface area contributed by atoms with Crippen molar-refractivity contribution in [1.82, 2.24) is 0 Å². The summed E-state index contributed by atoms with van der Waals surface area (Å²) in [5.74, 6) is 0.409. The van der Waals surface area contributed by atoms with Gasteiger partial charge in [-0.25, -0.2) is 4.79 Å². The van der Waals surface area contributed by atoms with Crippen molar-refractivity contribution >= 4 is 5.97 Å². The minimum absolute atomic E-state index is 0.287. The van der Waals surface area contributed by atoms with E-state index in [-0.39, 0.29) is 11.6 Å². The lowest BCUT2D eigenvalue weighted by Gasteiger charge is -2.38. The minimum Gasteiger partial charge on any atom is -0.425 e. The van der Waals surface area contributed by atoms with Gasteiger partial charge in [0.15, 0.2) is 0 Å². The second kappa shape index (κ2) is 4.00. The minimum atomic E-state index is -0.298. The fourth-order valence-electron chi connectivity index (χ4n) is 2.29. The summed E-state index contributed by atoms with van der Waals surface area (Å²) in [7, 11) is 0. The Morgan fingerprint density at radius 3 is 2.65 bits per heavy atom. The molecule has 1 aromatic carbocycles. The molecule has 1 fully saturated rings. The Bertz CT molecular complexity index is 458. The summed E-state index contributed by atoms with van der Waals surface area (Å²) in [5, 5.41) is 0. The van der Waals surface area contributed by atoms with Crippen LogP contribution in [-0.4, -0.2) is 18.2 Å². The van der Waals surface area contributed by atoms with Gasteiger partial charge in [-0.05, 0) is 37.5 Å². The summed E-state index contributed by atoms with van der Waals surface area (Å²) >= 11 is 0. The van der Waals surface area contributed by atoms with E-state index in [1.165, 1.54) is 0 Å². The number of ether oxygens (including phenoxy) is 2. The first-order valence-corrected chi connectivity index (χ1v) is 5.92. The molecule has 0 amide bonds. The Kier molecular flexibility index (Phi) is 2.48. The lowest BCUT2D eigenvalue weighted by Crippen LogP contribution is -2.40. The molecule has 1 aliphatic carbocycles. The third-order valence-electron chi connectivity index (χ3n) is 3.45. The zero-order valence-corrected chi connectivity index (χ0v) is 9.52. The van der Waals surface area contributed by atoms with Crippen LogP contribution >= 0.6 is 0 Å². The van der Waals surface area contributed by atoms with Crippen LogP contribution in [0.3, 0.4) is 0 Å². The van der Waals surface area contributed by atoms with Crippen molar-refractivity contribution < 1.29 is 14.3 Å².